The predicted molar refractivity (Wildman–Crippen MR) is 82.7 cm³/mol. The minimum absolute atomic E-state index is 0. The Kier molecular flexibility index (Phi) is 12.7. The molecule has 0 fully saturated rings. The summed E-state index contributed by atoms with van der Waals surface area (Å²) in [5, 5.41) is 3.02. The van der Waals surface area contributed by atoms with Crippen molar-refractivity contribution in [1.29, 1.82) is 0 Å². The van der Waals surface area contributed by atoms with E-state index in [1.807, 2.05) is 20.8 Å². The Hall–Kier alpha value is -0.320. The fourth-order valence-electron chi connectivity index (χ4n) is 2.00. The van der Waals surface area contributed by atoms with E-state index in [0.29, 0.717) is 6.42 Å². The van der Waals surface area contributed by atoms with Crippen molar-refractivity contribution in [3.63, 3.8) is 0 Å². The summed E-state index contributed by atoms with van der Waals surface area (Å²) in [4.78, 5) is 11.7. The largest absolute Gasteiger partial charge is 0.379 e. The molecule has 0 aromatic heterocycles. The van der Waals surface area contributed by atoms with E-state index in [-0.39, 0.29) is 30.0 Å². The van der Waals surface area contributed by atoms with Crippen molar-refractivity contribution in [2.24, 2.45) is 5.73 Å². The highest BCUT2D eigenvalue weighted by Gasteiger charge is 2.20. The van der Waals surface area contributed by atoms with Crippen LogP contribution in [-0.4, -0.2) is 31.2 Å². The van der Waals surface area contributed by atoms with Crippen molar-refractivity contribution in [3.8, 4) is 0 Å². The third-order valence-electron chi connectivity index (χ3n) is 3.12. The Morgan fingerprint density at radius 2 is 1.84 bits per heavy atom. The molecule has 0 saturated heterocycles. The van der Waals surface area contributed by atoms with Gasteiger partial charge < -0.3 is 15.8 Å². The normalized spacial score (nSPS) is 12.7. The van der Waals surface area contributed by atoms with Crippen molar-refractivity contribution in [3.05, 3.63) is 0 Å². The summed E-state index contributed by atoms with van der Waals surface area (Å²) in [6, 6.07) is 0.150. The molecule has 0 aliphatic heterocycles. The lowest BCUT2D eigenvalue weighted by atomic mass is 9.99. The first-order chi connectivity index (χ1) is 8.41. The molecule has 0 heterocycles. The fourth-order valence-corrected chi connectivity index (χ4v) is 2.00. The molecule has 19 heavy (non-hydrogen) atoms. The average molecular weight is 295 g/mol. The molecule has 0 aromatic carbocycles. The number of nitrogens with one attached hydrogen (secondary N) is 1. The van der Waals surface area contributed by atoms with Crippen LogP contribution >= 0.6 is 12.4 Å². The van der Waals surface area contributed by atoms with Crippen LogP contribution in [0.1, 0.15) is 59.3 Å². The molecule has 1 atom stereocenters. The number of unbranched alkanes of at least 4 members (excludes halogenated alkanes) is 3. The fraction of sp³-hybridized carbons (Fsp3) is 0.929. The number of hydrogen-bond donors (Lipinski definition) is 2. The van der Waals surface area contributed by atoms with Crippen LogP contribution in [0.2, 0.25) is 0 Å². The molecule has 0 bridgehead atoms. The summed E-state index contributed by atoms with van der Waals surface area (Å²) in [5.41, 5.74) is 5.23. The van der Waals surface area contributed by atoms with Gasteiger partial charge in [0.25, 0.3) is 0 Å². The lowest BCUT2D eigenvalue weighted by Gasteiger charge is -2.27. The van der Waals surface area contributed by atoms with E-state index in [4.69, 9.17) is 10.5 Å². The molecule has 0 aliphatic rings. The first-order valence-electron chi connectivity index (χ1n) is 6.96. The first kappa shape index (κ1) is 21.0. The number of nitrogens with two attached hydrogens (primary N) is 1. The van der Waals surface area contributed by atoms with Gasteiger partial charge in [0.2, 0.25) is 5.91 Å². The molecule has 0 radical (unpaired) electrons. The summed E-state index contributed by atoms with van der Waals surface area (Å²) >= 11 is 0. The maximum atomic E-state index is 11.7. The zero-order chi connectivity index (χ0) is 14.0. The van der Waals surface area contributed by atoms with Gasteiger partial charge in [-0.15, -0.1) is 12.4 Å². The predicted octanol–water partition coefficient (Wildman–Crippen LogP) is 2.64. The Labute approximate surface area is 124 Å². The second kappa shape index (κ2) is 11.5. The van der Waals surface area contributed by atoms with Crippen molar-refractivity contribution >= 4 is 18.3 Å². The van der Waals surface area contributed by atoms with E-state index in [1.165, 1.54) is 0 Å². The van der Waals surface area contributed by atoms with Gasteiger partial charge in [-0.2, -0.15) is 0 Å². The monoisotopic (exact) mass is 294 g/mol. The lowest BCUT2D eigenvalue weighted by molar-refractivity contribution is -0.122. The van der Waals surface area contributed by atoms with Gasteiger partial charge in [0.05, 0.1) is 5.60 Å². The van der Waals surface area contributed by atoms with Gasteiger partial charge >= 0.3 is 0 Å². The van der Waals surface area contributed by atoms with Crippen LogP contribution < -0.4 is 11.1 Å². The molecule has 1 unspecified atom stereocenters. The molecule has 5 heteroatoms. The zero-order valence-electron chi connectivity index (χ0n) is 12.8. The molecule has 0 spiro atoms. The summed E-state index contributed by atoms with van der Waals surface area (Å²) < 4.78 is 5.35. The minimum Gasteiger partial charge on any atom is -0.379 e. The first-order valence-corrected chi connectivity index (χ1v) is 6.96. The second-order valence-electron chi connectivity index (χ2n) is 5.59. The molecule has 3 N–H and O–H groups in total. The topological polar surface area (TPSA) is 64.3 Å². The molecular formula is C14H31ClN2O2. The summed E-state index contributed by atoms with van der Waals surface area (Å²) in [6.07, 6.45) is 5.65. The number of carbonyl (C=O) groups excluding carboxylic acids is 1. The smallest absolute Gasteiger partial charge is 0.220 e. The van der Waals surface area contributed by atoms with Gasteiger partial charge in [-0.1, -0.05) is 12.8 Å². The number of ether oxygens (including phenoxy) is 1. The Bertz CT molecular complexity index is 235. The van der Waals surface area contributed by atoms with Gasteiger partial charge in [-0.25, -0.2) is 0 Å². The van der Waals surface area contributed by atoms with Crippen molar-refractivity contribution in [1.82, 2.24) is 5.32 Å². The highest BCUT2D eigenvalue weighted by atomic mass is 35.5. The molecule has 0 aromatic rings. The zero-order valence-corrected chi connectivity index (χ0v) is 13.6. The van der Waals surface area contributed by atoms with Crippen LogP contribution in [0.5, 0.6) is 0 Å². The van der Waals surface area contributed by atoms with Crippen LogP contribution in [-0.2, 0) is 9.53 Å². The molecule has 0 aliphatic carbocycles. The lowest BCUT2D eigenvalue weighted by Crippen LogP contribution is -2.38. The van der Waals surface area contributed by atoms with E-state index < -0.39 is 0 Å². The van der Waals surface area contributed by atoms with E-state index in [0.717, 1.165) is 38.6 Å². The summed E-state index contributed by atoms with van der Waals surface area (Å²) in [6.45, 7) is 6.83. The minimum atomic E-state index is -0.187. The van der Waals surface area contributed by atoms with E-state index in [1.54, 1.807) is 7.11 Å². The Morgan fingerprint density at radius 1 is 1.26 bits per heavy atom. The van der Waals surface area contributed by atoms with Crippen molar-refractivity contribution < 1.29 is 9.53 Å². The quantitative estimate of drug-likeness (QED) is 0.609. The van der Waals surface area contributed by atoms with Gasteiger partial charge in [0.15, 0.2) is 0 Å². The average Bonchev–Trinajstić information content (AvgIpc) is 2.27. The van der Waals surface area contributed by atoms with E-state index in [9.17, 15) is 4.79 Å². The van der Waals surface area contributed by atoms with Crippen LogP contribution in [0, 0.1) is 0 Å². The highest BCUT2D eigenvalue weighted by molar-refractivity contribution is 5.85. The number of amides is 1. The number of carbonyl (C=O) groups is 1. The van der Waals surface area contributed by atoms with Gasteiger partial charge in [-0.3, -0.25) is 4.79 Å². The van der Waals surface area contributed by atoms with Gasteiger partial charge in [0, 0.05) is 19.6 Å². The molecule has 1 amide bonds. The third-order valence-corrected chi connectivity index (χ3v) is 3.12. The second-order valence-corrected chi connectivity index (χ2v) is 5.59. The maximum absolute atomic E-state index is 11.7. The maximum Gasteiger partial charge on any atom is 0.220 e. The van der Waals surface area contributed by atoms with Crippen LogP contribution in [0.3, 0.4) is 0 Å². The molecule has 0 saturated carbocycles. The van der Waals surface area contributed by atoms with Gasteiger partial charge in [-0.05, 0) is 46.6 Å². The van der Waals surface area contributed by atoms with E-state index >= 15 is 0 Å². The number of halogens is 1. The molecule has 4 nitrogen and oxygen atoms in total. The summed E-state index contributed by atoms with van der Waals surface area (Å²) in [7, 11) is 1.70. The Balaban J connectivity index is 0. The number of rotatable bonds is 10. The SMILES string of the molecule is COC(C)(C)CC(C)NC(=O)CCCCCCN.Cl. The number of methoxy groups -OCH3 is 1. The van der Waals surface area contributed by atoms with Crippen LogP contribution in [0.4, 0.5) is 0 Å². The van der Waals surface area contributed by atoms with Crippen molar-refractivity contribution in [2.75, 3.05) is 13.7 Å². The standard InChI is InChI=1S/C14H30N2O2.ClH/c1-12(11-14(2,3)18-4)16-13(17)9-7-5-6-8-10-15;/h12H,5-11,15H2,1-4H3,(H,16,17);1H. The highest BCUT2D eigenvalue weighted by Crippen LogP contribution is 2.15. The van der Waals surface area contributed by atoms with Gasteiger partial charge in [0.1, 0.15) is 0 Å². The van der Waals surface area contributed by atoms with E-state index in [2.05, 4.69) is 5.32 Å². The van der Waals surface area contributed by atoms with Crippen molar-refractivity contribution in [2.45, 2.75) is 70.9 Å². The molecule has 0 rings (SSSR count). The van der Waals surface area contributed by atoms with Crippen LogP contribution in [0.15, 0.2) is 0 Å². The molecule has 116 valence electrons. The molecular weight excluding hydrogens is 264 g/mol. The van der Waals surface area contributed by atoms with Crippen LogP contribution in [0.25, 0.3) is 0 Å². The third kappa shape index (κ3) is 12.5. The Morgan fingerprint density at radius 3 is 2.37 bits per heavy atom. The summed E-state index contributed by atoms with van der Waals surface area (Å²) in [5.74, 6) is 0.141. The number of hydrogen-bond acceptors (Lipinski definition) is 3.